The molecule has 2 aromatic heterocycles. The Morgan fingerprint density at radius 3 is 2.09 bits per heavy atom. The number of nitrogens with zero attached hydrogens (tertiary/aromatic N) is 4. The number of aliphatic imine (C=N–C) groups is 1. The van der Waals surface area contributed by atoms with E-state index in [1.54, 1.807) is 17.4 Å². The van der Waals surface area contributed by atoms with E-state index in [4.69, 9.17) is 0 Å². The van der Waals surface area contributed by atoms with Crippen LogP contribution < -0.4 is 4.90 Å². The summed E-state index contributed by atoms with van der Waals surface area (Å²) in [5.74, 6) is -4.72. The van der Waals surface area contributed by atoms with Crippen LogP contribution >= 0.6 is 23.1 Å². The van der Waals surface area contributed by atoms with Crippen molar-refractivity contribution < 1.29 is 22.8 Å². The molecule has 2 saturated carbocycles. The summed E-state index contributed by atoms with van der Waals surface area (Å²) < 4.78 is 49.2. The Balaban J connectivity index is 1.24. The van der Waals surface area contributed by atoms with Crippen molar-refractivity contribution >= 4 is 73.4 Å². The molecule has 2 aliphatic rings. The molecule has 2 aliphatic carbocycles. The number of fused-ring (bicyclic) bond motifs is 2. The first kappa shape index (κ1) is 29.5. The molecule has 2 heterocycles. The number of alkyl halides is 3. The summed E-state index contributed by atoms with van der Waals surface area (Å²) in [6.07, 6.45) is -4.79. The van der Waals surface area contributed by atoms with Gasteiger partial charge < -0.3 is 4.90 Å². The number of hydrogen-bond donors (Lipinski definition) is 0. The summed E-state index contributed by atoms with van der Waals surface area (Å²) in [5.41, 5.74) is 6.78. The Hall–Kier alpha value is -4.22. The van der Waals surface area contributed by atoms with E-state index < -0.39 is 35.5 Å². The highest BCUT2D eigenvalue weighted by molar-refractivity contribution is 7.19. The Kier molecular flexibility index (Phi) is 7.40. The number of rotatable bonds is 5. The summed E-state index contributed by atoms with van der Waals surface area (Å²) in [4.78, 5) is 33.4. The molecule has 7 rings (SSSR count). The summed E-state index contributed by atoms with van der Waals surface area (Å²) in [7, 11) is 0. The lowest BCUT2D eigenvalue weighted by molar-refractivity contribution is -0.187. The van der Waals surface area contributed by atoms with Crippen molar-refractivity contribution in [3.05, 3.63) is 83.9 Å². The standard InChI is InChI=1S/C34H27F3N4O2S2/c1-18-3-8-21(9-4-18)41(22-10-5-19(2)6-11-22)28-16-15-27(44-28)24-13-14-26(31-29(24)39-45-40-31)38-30-23-12-7-20(34(35,36)37)17-25(23)32(42)33(30)43/h3-6,8-11,13-16,20,23,25H,7,12,17H2,1-2H3. The topological polar surface area (TPSA) is 75.5 Å². The van der Waals surface area contributed by atoms with Crippen molar-refractivity contribution in [2.75, 3.05) is 4.90 Å². The Bertz CT molecular complexity index is 1920. The number of carbonyl (C=O) groups excluding carboxylic acids is 2. The van der Waals surface area contributed by atoms with Crippen LogP contribution in [0.5, 0.6) is 0 Å². The lowest BCUT2D eigenvalue weighted by Crippen LogP contribution is -2.34. The van der Waals surface area contributed by atoms with E-state index in [1.165, 1.54) is 11.1 Å². The van der Waals surface area contributed by atoms with Crippen molar-refractivity contribution in [1.29, 1.82) is 0 Å². The number of ketones is 2. The second kappa shape index (κ2) is 11.3. The molecule has 11 heteroatoms. The first-order valence-corrected chi connectivity index (χ1v) is 16.2. The van der Waals surface area contributed by atoms with Gasteiger partial charge in [-0.2, -0.15) is 21.9 Å². The predicted octanol–water partition coefficient (Wildman–Crippen LogP) is 9.33. The molecule has 228 valence electrons. The SMILES string of the molecule is Cc1ccc(N(c2ccc(C)cc2)c2ccc(-c3ccc(N=C4C(=O)C(=O)C5CC(C(F)(F)F)CCC45)c4nsnc34)s2)cc1. The van der Waals surface area contributed by atoms with Crippen LogP contribution in [0.25, 0.3) is 21.5 Å². The molecular weight excluding hydrogens is 618 g/mol. The number of carbonyl (C=O) groups is 2. The van der Waals surface area contributed by atoms with Crippen LogP contribution in [0.3, 0.4) is 0 Å². The van der Waals surface area contributed by atoms with Crippen molar-refractivity contribution in [3.8, 4) is 10.4 Å². The maximum Gasteiger partial charge on any atom is 0.391 e. The molecule has 0 bridgehead atoms. The average Bonchev–Trinajstić information content (AvgIpc) is 3.76. The second-order valence-electron chi connectivity index (χ2n) is 11.7. The van der Waals surface area contributed by atoms with E-state index in [2.05, 4.69) is 87.1 Å². The summed E-state index contributed by atoms with van der Waals surface area (Å²) in [6.45, 7) is 4.12. The monoisotopic (exact) mass is 644 g/mol. The molecule has 0 spiro atoms. The first-order valence-electron chi connectivity index (χ1n) is 14.6. The third-order valence-electron chi connectivity index (χ3n) is 8.75. The van der Waals surface area contributed by atoms with Gasteiger partial charge in [0.15, 0.2) is 0 Å². The minimum Gasteiger partial charge on any atom is -0.302 e. The van der Waals surface area contributed by atoms with E-state index in [0.29, 0.717) is 16.7 Å². The second-order valence-corrected chi connectivity index (χ2v) is 13.3. The number of hydrogen-bond acceptors (Lipinski definition) is 8. The average molecular weight is 645 g/mol. The summed E-state index contributed by atoms with van der Waals surface area (Å²) in [6, 6.07) is 24.5. The smallest absolute Gasteiger partial charge is 0.302 e. The molecule has 3 atom stereocenters. The van der Waals surface area contributed by atoms with Crippen molar-refractivity contribution in [2.24, 2.45) is 22.7 Å². The van der Waals surface area contributed by atoms with Gasteiger partial charge in [-0.3, -0.25) is 9.59 Å². The Labute approximate surface area is 265 Å². The number of anilines is 3. The maximum atomic E-state index is 13.4. The van der Waals surface area contributed by atoms with Crippen LogP contribution in [0.2, 0.25) is 0 Å². The molecule has 0 saturated heterocycles. The van der Waals surface area contributed by atoms with Crippen molar-refractivity contribution in [2.45, 2.75) is 39.3 Å². The molecule has 5 aromatic rings. The fraction of sp³-hybridized carbons (Fsp3) is 0.265. The fourth-order valence-electron chi connectivity index (χ4n) is 6.34. The third-order valence-corrected chi connectivity index (χ3v) is 10.4. The molecule has 0 aliphatic heterocycles. The molecule has 0 amide bonds. The molecule has 3 aromatic carbocycles. The van der Waals surface area contributed by atoms with Gasteiger partial charge in [0.05, 0.1) is 29.0 Å². The van der Waals surface area contributed by atoms with Gasteiger partial charge in [0.1, 0.15) is 16.0 Å². The maximum absolute atomic E-state index is 13.4. The van der Waals surface area contributed by atoms with E-state index >= 15 is 0 Å². The highest BCUT2D eigenvalue weighted by atomic mass is 32.1. The quantitative estimate of drug-likeness (QED) is 0.178. The van der Waals surface area contributed by atoms with E-state index in [9.17, 15) is 22.8 Å². The van der Waals surface area contributed by atoms with Gasteiger partial charge in [-0.15, -0.1) is 11.3 Å². The Morgan fingerprint density at radius 2 is 1.44 bits per heavy atom. The predicted molar refractivity (Wildman–Crippen MR) is 172 cm³/mol. The van der Waals surface area contributed by atoms with Crippen LogP contribution in [0.1, 0.15) is 30.4 Å². The van der Waals surface area contributed by atoms with Crippen molar-refractivity contribution in [1.82, 2.24) is 8.75 Å². The molecule has 6 nitrogen and oxygen atoms in total. The first-order chi connectivity index (χ1) is 21.6. The molecule has 0 N–H and O–H groups in total. The van der Waals surface area contributed by atoms with Crippen LogP contribution in [0, 0.1) is 31.6 Å². The third kappa shape index (κ3) is 5.37. The van der Waals surface area contributed by atoms with Crippen LogP contribution in [-0.2, 0) is 9.59 Å². The zero-order chi connectivity index (χ0) is 31.5. The lowest BCUT2D eigenvalue weighted by atomic mass is 9.75. The van der Waals surface area contributed by atoms with Crippen LogP contribution in [0.15, 0.2) is 77.8 Å². The van der Waals surface area contributed by atoms with Crippen LogP contribution in [-0.4, -0.2) is 32.2 Å². The molecular formula is C34H27F3N4O2S2. The normalized spacial score (nSPS) is 21.1. The highest BCUT2D eigenvalue weighted by Crippen LogP contribution is 2.47. The van der Waals surface area contributed by atoms with Gasteiger partial charge in [0.25, 0.3) is 0 Å². The van der Waals surface area contributed by atoms with Gasteiger partial charge >= 0.3 is 6.18 Å². The number of aryl methyl sites for hydroxylation is 2. The zero-order valence-corrected chi connectivity index (χ0v) is 26.0. The van der Waals surface area contributed by atoms with Gasteiger partial charge in [-0.25, -0.2) is 4.99 Å². The molecule has 3 unspecified atom stereocenters. The summed E-state index contributed by atoms with van der Waals surface area (Å²) in [5, 5.41) is 1.01. The van der Waals surface area contributed by atoms with Gasteiger partial charge in [0, 0.05) is 33.7 Å². The van der Waals surface area contributed by atoms with Gasteiger partial charge in [-0.1, -0.05) is 35.4 Å². The number of aromatic nitrogens is 2. The molecule has 2 fully saturated rings. The number of benzene rings is 3. The number of Topliss-reactive ketones (excluding diaryl/α,β-unsaturated/α-hetero) is 2. The summed E-state index contributed by atoms with van der Waals surface area (Å²) >= 11 is 2.62. The van der Waals surface area contributed by atoms with E-state index in [1.807, 2.05) is 12.1 Å². The largest absolute Gasteiger partial charge is 0.391 e. The van der Waals surface area contributed by atoms with E-state index in [0.717, 1.165) is 38.5 Å². The van der Waals surface area contributed by atoms with Crippen molar-refractivity contribution in [3.63, 3.8) is 0 Å². The zero-order valence-electron chi connectivity index (χ0n) is 24.3. The lowest BCUT2D eigenvalue weighted by Gasteiger charge is -2.31. The van der Waals surface area contributed by atoms with Gasteiger partial charge in [0.2, 0.25) is 11.6 Å². The number of thiophene rings is 1. The Morgan fingerprint density at radius 1 is 0.800 bits per heavy atom. The molecule has 45 heavy (non-hydrogen) atoms. The number of halogens is 3. The minimum atomic E-state index is -4.39. The van der Waals surface area contributed by atoms with Crippen LogP contribution in [0.4, 0.5) is 35.2 Å². The fourth-order valence-corrected chi connectivity index (χ4v) is 7.98. The highest BCUT2D eigenvalue weighted by Gasteiger charge is 2.54. The van der Waals surface area contributed by atoms with E-state index in [-0.39, 0.29) is 25.0 Å². The van der Waals surface area contributed by atoms with Gasteiger partial charge in [-0.05, 0) is 81.6 Å². The molecule has 0 radical (unpaired) electrons. The minimum absolute atomic E-state index is 0.0397.